The van der Waals surface area contributed by atoms with Crippen LogP contribution in [0.5, 0.6) is 0 Å². The molecule has 2 fully saturated rings. The van der Waals surface area contributed by atoms with E-state index in [1.807, 2.05) is 6.92 Å². The minimum atomic E-state index is -3.75. The van der Waals surface area contributed by atoms with E-state index in [-0.39, 0.29) is 48.9 Å². The summed E-state index contributed by atoms with van der Waals surface area (Å²) in [6.45, 7) is 2.78. The fraction of sp³-hybridized carbons (Fsp3) is 0.400. The highest BCUT2D eigenvalue weighted by molar-refractivity contribution is 7.89. The summed E-state index contributed by atoms with van der Waals surface area (Å²) in [5.74, 6) is 0. The van der Waals surface area contributed by atoms with Gasteiger partial charge in [0, 0.05) is 37.5 Å². The zero-order valence-electron chi connectivity index (χ0n) is 16.5. The van der Waals surface area contributed by atoms with Crippen molar-refractivity contribution in [1.82, 2.24) is 8.61 Å². The number of benzene rings is 2. The number of rotatable bonds is 4. The van der Waals surface area contributed by atoms with Gasteiger partial charge in [-0.3, -0.25) is 0 Å². The summed E-state index contributed by atoms with van der Waals surface area (Å²) < 4.78 is 61.1. The summed E-state index contributed by atoms with van der Waals surface area (Å²) >= 11 is 5.86. The molecule has 1 spiro atoms. The number of aryl methyl sites for hydroxylation is 1. The summed E-state index contributed by atoms with van der Waals surface area (Å²) in [5.41, 5.74) is -0.0440. The smallest absolute Gasteiger partial charge is 0.245 e. The van der Waals surface area contributed by atoms with E-state index in [2.05, 4.69) is 0 Å². The van der Waals surface area contributed by atoms with Crippen LogP contribution in [0.25, 0.3) is 0 Å². The molecule has 0 amide bonds. The first kappa shape index (κ1) is 21.7. The average Bonchev–Trinajstić information content (AvgIpc) is 3.13. The molecule has 2 aliphatic rings. The molecular formula is C20H23ClN2O5S2. The van der Waals surface area contributed by atoms with Crippen molar-refractivity contribution in [2.45, 2.75) is 35.3 Å². The minimum absolute atomic E-state index is 0.166. The zero-order chi connectivity index (χ0) is 21.6. The van der Waals surface area contributed by atoms with Crippen LogP contribution >= 0.6 is 11.6 Å². The first-order valence-electron chi connectivity index (χ1n) is 9.64. The maximum Gasteiger partial charge on any atom is 0.245 e. The molecule has 162 valence electrons. The van der Waals surface area contributed by atoms with E-state index in [9.17, 15) is 16.8 Å². The van der Waals surface area contributed by atoms with Crippen molar-refractivity contribution in [2.24, 2.45) is 0 Å². The molecule has 2 aromatic rings. The predicted molar refractivity (Wildman–Crippen MR) is 113 cm³/mol. The number of ether oxygens (including phenoxy) is 1. The Morgan fingerprint density at radius 2 is 1.37 bits per heavy atom. The van der Waals surface area contributed by atoms with Gasteiger partial charge in [-0.1, -0.05) is 29.3 Å². The van der Waals surface area contributed by atoms with E-state index in [4.69, 9.17) is 16.3 Å². The molecule has 4 rings (SSSR count). The van der Waals surface area contributed by atoms with Crippen LogP contribution in [0.1, 0.15) is 18.4 Å². The van der Waals surface area contributed by atoms with Crippen LogP contribution in [0, 0.1) is 6.92 Å². The van der Waals surface area contributed by atoms with Crippen molar-refractivity contribution in [1.29, 1.82) is 0 Å². The van der Waals surface area contributed by atoms with E-state index >= 15 is 0 Å². The standard InChI is InChI=1S/C20H23ClN2O5S2/c1-16-2-6-19(7-3-16)30(26,27)23-14-15-28-20(23)10-12-22(13-11-20)29(24,25)18-8-4-17(21)5-9-18/h2-9H,10-15H2,1H3. The molecule has 0 atom stereocenters. The van der Waals surface area contributed by atoms with Crippen molar-refractivity contribution >= 4 is 31.6 Å². The van der Waals surface area contributed by atoms with Crippen LogP contribution < -0.4 is 0 Å². The van der Waals surface area contributed by atoms with Crippen LogP contribution in [-0.2, 0) is 24.8 Å². The Balaban J connectivity index is 1.55. The molecule has 2 aromatic carbocycles. The van der Waals surface area contributed by atoms with Gasteiger partial charge in [-0.05, 0) is 43.3 Å². The van der Waals surface area contributed by atoms with Gasteiger partial charge in [0.1, 0.15) is 5.72 Å². The summed E-state index contributed by atoms with van der Waals surface area (Å²) in [6, 6.07) is 12.7. The van der Waals surface area contributed by atoms with E-state index in [1.165, 1.54) is 32.9 Å². The number of piperidine rings is 1. The average molecular weight is 471 g/mol. The molecule has 0 saturated carbocycles. The summed E-state index contributed by atoms with van der Waals surface area (Å²) in [5, 5.41) is 0.461. The SMILES string of the molecule is Cc1ccc(S(=O)(=O)N2CCOC23CCN(S(=O)(=O)c2ccc(Cl)cc2)CC3)cc1. The van der Waals surface area contributed by atoms with E-state index in [0.717, 1.165) is 5.56 Å². The Morgan fingerprint density at radius 3 is 1.97 bits per heavy atom. The van der Waals surface area contributed by atoms with Crippen LogP contribution in [0.3, 0.4) is 0 Å². The first-order chi connectivity index (χ1) is 14.1. The van der Waals surface area contributed by atoms with Crippen molar-refractivity contribution < 1.29 is 21.6 Å². The molecule has 2 heterocycles. The van der Waals surface area contributed by atoms with Gasteiger partial charge in [0.25, 0.3) is 0 Å². The van der Waals surface area contributed by atoms with Crippen LogP contribution in [0.15, 0.2) is 58.3 Å². The highest BCUT2D eigenvalue weighted by Gasteiger charge is 2.51. The number of halogens is 1. The lowest BCUT2D eigenvalue weighted by Gasteiger charge is -2.42. The summed E-state index contributed by atoms with van der Waals surface area (Å²) in [7, 11) is -7.43. The maximum atomic E-state index is 13.3. The fourth-order valence-corrected chi connectivity index (χ4v) is 7.29. The third-order valence-electron chi connectivity index (χ3n) is 5.68. The Labute approximate surface area is 182 Å². The number of sulfonamides is 2. The molecule has 10 heteroatoms. The van der Waals surface area contributed by atoms with Crippen molar-refractivity contribution in [3.63, 3.8) is 0 Å². The van der Waals surface area contributed by atoms with Crippen molar-refractivity contribution in [3.05, 3.63) is 59.1 Å². The van der Waals surface area contributed by atoms with Crippen molar-refractivity contribution in [2.75, 3.05) is 26.2 Å². The molecule has 0 aliphatic carbocycles. The van der Waals surface area contributed by atoms with Crippen molar-refractivity contribution in [3.8, 4) is 0 Å². The Hall–Kier alpha value is -1.49. The van der Waals surface area contributed by atoms with Gasteiger partial charge in [0.15, 0.2) is 0 Å². The second kappa shape index (κ2) is 7.89. The van der Waals surface area contributed by atoms with Crippen LogP contribution in [0.4, 0.5) is 0 Å². The normalized spacial score (nSPS) is 20.6. The second-order valence-electron chi connectivity index (χ2n) is 7.54. The molecule has 2 aliphatic heterocycles. The van der Waals surface area contributed by atoms with E-state index in [1.54, 1.807) is 24.3 Å². The first-order valence-corrected chi connectivity index (χ1v) is 12.9. The highest BCUT2D eigenvalue weighted by atomic mass is 35.5. The lowest BCUT2D eigenvalue weighted by atomic mass is 10.0. The van der Waals surface area contributed by atoms with Gasteiger partial charge < -0.3 is 4.74 Å². The van der Waals surface area contributed by atoms with Crippen LogP contribution in [0.2, 0.25) is 5.02 Å². The number of hydrogen-bond acceptors (Lipinski definition) is 5. The molecule has 30 heavy (non-hydrogen) atoms. The molecule has 2 saturated heterocycles. The van der Waals surface area contributed by atoms with Crippen LogP contribution in [-0.4, -0.2) is 57.4 Å². The number of nitrogens with zero attached hydrogens (tertiary/aromatic N) is 2. The zero-order valence-corrected chi connectivity index (χ0v) is 18.9. The lowest BCUT2D eigenvalue weighted by Crippen LogP contribution is -2.55. The molecule has 0 radical (unpaired) electrons. The van der Waals surface area contributed by atoms with E-state index < -0.39 is 25.8 Å². The van der Waals surface area contributed by atoms with Gasteiger partial charge >= 0.3 is 0 Å². The molecule has 0 bridgehead atoms. The topological polar surface area (TPSA) is 84.0 Å². The molecular weight excluding hydrogens is 448 g/mol. The fourth-order valence-electron chi connectivity index (χ4n) is 4.00. The Morgan fingerprint density at radius 1 is 0.833 bits per heavy atom. The largest absolute Gasteiger partial charge is 0.358 e. The van der Waals surface area contributed by atoms with Gasteiger partial charge in [0.05, 0.1) is 16.4 Å². The molecule has 0 unspecified atom stereocenters. The maximum absolute atomic E-state index is 13.3. The third-order valence-corrected chi connectivity index (χ3v) is 9.81. The summed E-state index contributed by atoms with van der Waals surface area (Å²) in [4.78, 5) is 0.383. The Bertz CT molecular complexity index is 1120. The van der Waals surface area contributed by atoms with Gasteiger partial charge in [-0.15, -0.1) is 0 Å². The van der Waals surface area contributed by atoms with Gasteiger partial charge in [-0.2, -0.15) is 8.61 Å². The third kappa shape index (κ3) is 3.79. The van der Waals surface area contributed by atoms with Gasteiger partial charge in [-0.25, -0.2) is 16.8 Å². The molecule has 0 N–H and O–H groups in total. The van der Waals surface area contributed by atoms with E-state index in [0.29, 0.717) is 5.02 Å². The Kier molecular flexibility index (Phi) is 5.71. The quantitative estimate of drug-likeness (QED) is 0.686. The minimum Gasteiger partial charge on any atom is -0.358 e. The van der Waals surface area contributed by atoms with Gasteiger partial charge in [0.2, 0.25) is 20.0 Å². The monoisotopic (exact) mass is 470 g/mol. The second-order valence-corrected chi connectivity index (χ2v) is 11.8. The molecule has 7 nitrogen and oxygen atoms in total. The predicted octanol–water partition coefficient (Wildman–Crippen LogP) is 2.85. The highest BCUT2D eigenvalue weighted by Crippen LogP contribution is 2.39. The summed E-state index contributed by atoms with van der Waals surface area (Å²) in [6.07, 6.45) is 0.538. The lowest BCUT2D eigenvalue weighted by molar-refractivity contribution is -0.0806. The number of hydrogen-bond donors (Lipinski definition) is 0. The molecule has 0 aromatic heterocycles.